The maximum absolute atomic E-state index is 10.1. The van der Waals surface area contributed by atoms with Crippen molar-refractivity contribution in [3.63, 3.8) is 0 Å². The fourth-order valence-electron chi connectivity index (χ4n) is 0.534. The predicted octanol–water partition coefficient (Wildman–Crippen LogP) is 0.240. The van der Waals surface area contributed by atoms with Gasteiger partial charge < -0.3 is 5.48 Å². The molecule has 0 amide bonds. The third-order valence-corrected chi connectivity index (χ3v) is 1.81. The molecule has 0 saturated carbocycles. The van der Waals surface area contributed by atoms with E-state index in [1.54, 1.807) is 0 Å². The molecule has 0 radical (unpaired) electrons. The summed E-state index contributed by atoms with van der Waals surface area (Å²) >= 11 is 0. The van der Waals surface area contributed by atoms with Crippen LogP contribution in [-0.4, -0.2) is 24.2 Å². The van der Waals surface area contributed by atoms with Gasteiger partial charge in [-0.25, -0.2) is 0 Å². The summed E-state index contributed by atoms with van der Waals surface area (Å²) in [5, 5.41) is 0. The molecule has 0 spiro atoms. The molecule has 4 nitrogen and oxygen atoms in total. The maximum Gasteiger partial charge on any atom is 0.264 e. The summed E-state index contributed by atoms with van der Waals surface area (Å²) in [5.74, 6) is -0.0964. The Morgan fingerprint density at radius 1 is 1.30 bits per heavy atom. The summed E-state index contributed by atoms with van der Waals surface area (Å²) in [6, 6.07) is 0. The van der Waals surface area contributed by atoms with Gasteiger partial charge in [0, 0.05) is 0 Å². The van der Waals surface area contributed by atoms with Crippen LogP contribution in [0.5, 0.6) is 0 Å². The Bertz CT molecular complexity index is 149. The molecule has 0 aliphatic heterocycles. The lowest BCUT2D eigenvalue weighted by Crippen LogP contribution is -2.02. The van der Waals surface area contributed by atoms with E-state index in [4.69, 9.17) is 4.55 Å². The third kappa shape index (κ3) is 10.8. The van der Waals surface area contributed by atoms with E-state index in [1.807, 2.05) is 6.92 Å². The number of rotatable bonds is 4. The molecule has 10 heavy (non-hydrogen) atoms. The lowest BCUT2D eigenvalue weighted by Gasteiger charge is -1.92. The van der Waals surface area contributed by atoms with Crippen molar-refractivity contribution >= 4 is 10.1 Å². The van der Waals surface area contributed by atoms with Crippen LogP contribution < -0.4 is 0 Å². The summed E-state index contributed by atoms with van der Waals surface area (Å²) in [5.41, 5.74) is 0. The predicted molar refractivity (Wildman–Crippen MR) is 39.6 cm³/mol. The third-order valence-electron chi connectivity index (χ3n) is 1.01. The van der Waals surface area contributed by atoms with E-state index < -0.39 is 10.1 Å². The molecule has 64 valence electrons. The second-order valence-corrected chi connectivity index (χ2v) is 3.57. The highest BCUT2D eigenvalue weighted by molar-refractivity contribution is 7.85. The standard InChI is InChI=1S/C5H12O3S.H2O/c1-2-3-4-5-9(6,7)8;/h2-5H2,1H3,(H,6,7,8);1H2. The van der Waals surface area contributed by atoms with Crippen LogP contribution in [0.25, 0.3) is 0 Å². The Kier molecular flexibility index (Phi) is 7.07. The van der Waals surface area contributed by atoms with Gasteiger partial charge in [0.15, 0.2) is 0 Å². The minimum atomic E-state index is -3.70. The van der Waals surface area contributed by atoms with E-state index >= 15 is 0 Å². The quantitative estimate of drug-likeness (QED) is 0.484. The van der Waals surface area contributed by atoms with E-state index in [2.05, 4.69) is 0 Å². The first-order chi connectivity index (χ1) is 4.06. The average molecular weight is 170 g/mol. The van der Waals surface area contributed by atoms with Crippen molar-refractivity contribution in [2.45, 2.75) is 26.2 Å². The van der Waals surface area contributed by atoms with Crippen LogP contribution in [0.2, 0.25) is 0 Å². The first-order valence-electron chi connectivity index (χ1n) is 3.01. The van der Waals surface area contributed by atoms with Crippen LogP contribution in [0.1, 0.15) is 26.2 Å². The fraction of sp³-hybridized carbons (Fsp3) is 1.00. The SMILES string of the molecule is CCCCCS(=O)(=O)O.O. The number of unbranched alkanes of at least 4 members (excludes halogenated alkanes) is 2. The van der Waals surface area contributed by atoms with E-state index in [1.165, 1.54) is 0 Å². The Morgan fingerprint density at radius 2 is 1.80 bits per heavy atom. The van der Waals surface area contributed by atoms with Crippen molar-refractivity contribution in [2.75, 3.05) is 5.75 Å². The first-order valence-corrected chi connectivity index (χ1v) is 4.62. The Balaban J connectivity index is 0. The van der Waals surface area contributed by atoms with Crippen LogP contribution >= 0.6 is 0 Å². The van der Waals surface area contributed by atoms with Gasteiger partial charge in [0.05, 0.1) is 5.75 Å². The van der Waals surface area contributed by atoms with E-state index in [-0.39, 0.29) is 11.2 Å². The maximum atomic E-state index is 10.1. The molecule has 0 heterocycles. The zero-order chi connectivity index (χ0) is 7.33. The minimum absolute atomic E-state index is 0. The van der Waals surface area contributed by atoms with Gasteiger partial charge in [0.25, 0.3) is 10.1 Å². The Hall–Kier alpha value is -0.130. The zero-order valence-electron chi connectivity index (χ0n) is 6.00. The van der Waals surface area contributed by atoms with Crippen molar-refractivity contribution in [1.82, 2.24) is 0 Å². The number of hydrogen-bond donors (Lipinski definition) is 1. The van der Waals surface area contributed by atoms with Crippen LogP contribution in [-0.2, 0) is 10.1 Å². The first kappa shape index (κ1) is 12.5. The zero-order valence-corrected chi connectivity index (χ0v) is 6.82. The summed E-state index contributed by atoms with van der Waals surface area (Å²) < 4.78 is 28.3. The van der Waals surface area contributed by atoms with E-state index in [9.17, 15) is 8.42 Å². The van der Waals surface area contributed by atoms with Crippen molar-refractivity contribution in [3.8, 4) is 0 Å². The molecule has 3 N–H and O–H groups in total. The molecule has 5 heteroatoms. The molecule has 0 unspecified atom stereocenters. The summed E-state index contributed by atoms with van der Waals surface area (Å²) in [6.07, 6.45) is 2.39. The van der Waals surface area contributed by atoms with Crippen LogP contribution in [0.15, 0.2) is 0 Å². The lowest BCUT2D eigenvalue weighted by atomic mass is 10.3. The molecule has 0 aromatic carbocycles. The molecule has 0 aromatic rings. The summed E-state index contributed by atoms with van der Waals surface area (Å²) in [6.45, 7) is 1.98. The van der Waals surface area contributed by atoms with E-state index in [0.717, 1.165) is 12.8 Å². The van der Waals surface area contributed by atoms with Crippen molar-refractivity contribution in [1.29, 1.82) is 0 Å². The van der Waals surface area contributed by atoms with Gasteiger partial charge in [0.2, 0.25) is 0 Å². The molecular weight excluding hydrogens is 156 g/mol. The molecule has 0 rings (SSSR count). The normalized spacial score (nSPS) is 10.6. The molecule has 0 atom stereocenters. The van der Waals surface area contributed by atoms with Crippen LogP contribution in [0.4, 0.5) is 0 Å². The van der Waals surface area contributed by atoms with Gasteiger partial charge in [-0.15, -0.1) is 0 Å². The lowest BCUT2D eigenvalue weighted by molar-refractivity contribution is 0.480. The minimum Gasteiger partial charge on any atom is -0.412 e. The highest BCUT2D eigenvalue weighted by atomic mass is 32.2. The molecule has 0 aromatic heterocycles. The molecule has 0 aliphatic carbocycles. The second kappa shape index (κ2) is 5.64. The van der Waals surface area contributed by atoms with Crippen LogP contribution in [0, 0.1) is 0 Å². The van der Waals surface area contributed by atoms with Gasteiger partial charge in [0.1, 0.15) is 0 Å². The topological polar surface area (TPSA) is 85.9 Å². The van der Waals surface area contributed by atoms with Gasteiger partial charge >= 0.3 is 0 Å². The molecule has 0 saturated heterocycles. The highest BCUT2D eigenvalue weighted by Gasteiger charge is 2.01. The number of hydrogen-bond acceptors (Lipinski definition) is 2. The Labute approximate surface area is 61.3 Å². The summed E-state index contributed by atoms with van der Waals surface area (Å²) in [7, 11) is -3.70. The van der Waals surface area contributed by atoms with Crippen LogP contribution in [0.3, 0.4) is 0 Å². The van der Waals surface area contributed by atoms with Gasteiger partial charge in [-0.3, -0.25) is 4.55 Å². The molecule has 0 bridgehead atoms. The molecular formula is C5H14O4S. The smallest absolute Gasteiger partial charge is 0.264 e. The second-order valence-electron chi connectivity index (χ2n) is 1.99. The highest BCUT2D eigenvalue weighted by Crippen LogP contribution is 1.96. The largest absolute Gasteiger partial charge is 0.412 e. The average Bonchev–Trinajstić information content (AvgIpc) is 1.63. The summed E-state index contributed by atoms with van der Waals surface area (Å²) in [4.78, 5) is 0. The van der Waals surface area contributed by atoms with Crippen molar-refractivity contribution in [2.24, 2.45) is 0 Å². The van der Waals surface area contributed by atoms with Crippen molar-refractivity contribution in [3.05, 3.63) is 0 Å². The Morgan fingerprint density at radius 3 is 2.10 bits per heavy atom. The van der Waals surface area contributed by atoms with Crippen molar-refractivity contribution < 1.29 is 18.4 Å². The van der Waals surface area contributed by atoms with Gasteiger partial charge in [-0.2, -0.15) is 8.42 Å². The van der Waals surface area contributed by atoms with Gasteiger partial charge in [-0.05, 0) is 6.42 Å². The monoisotopic (exact) mass is 170 g/mol. The van der Waals surface area contributed by atoms with Gasteiger partial charge in [-0.1, -0.05) is 19.8 Å². The molecule has 0 fully saturated rings. The molecule has 0 aliphatic rings. The van der Waals surface area contributed by atoms with E-state index in [0.29, 0.717) is 6.42 Å². The fourth-order valence-corrected chi connectivity index (χ4v) is 1.10.